The Morgan fingerprint density at radius 3 is 2.50 bits per heavy atom. The zero-order valence-corrected chi connectivity index (χ0v) is 8.69. The van der Waals surface area contributed by atoms with E-state index in [1.54, 1.807) is 12.1 Å². The Morgan fingerprint density at radius 1 is 1.38 bits per heavy atom. The monoisotopic (exact) mass is 227 g/mol. The summed E-state index contributed by atoms with van der Waals surface area (Å²) < 4.78 is 11.9. The van der Waals surface area contributed by atoms with E-state index in [-0.39, 0.29) is 18.7 Å². The van der Waals surface area contributed by atoms with Gasteiger partial charge in [-0.3, -0.25) is 4.79 Å². The van der Waals surface area contributed by atoms with Gasteiger partial charge in [0.1, 0.15) is 18.5 Å². The number of carboxylic acids is 1. The normalized spacial score (nSPS) is 12.3. The van der Waals surface area contributed by atoms with Gasteiger partial charge in [0.2, 0.25) is 0 Å². The lowest BCUT2D eigenvalue weighted by molar-refractivity contribution is -0.139. The molecule has 0 saturated heterocycles. The number of aromatic hydroxyl groups is 1. The van der Waals surface area contributed by atoms with Crippen molar-refractivity contribution in [1.29, 1.82) is 0 Å². The number of halogens is 1. The molecule has 1 atom stereocenters. The summed E-state index contributed by atoms with van der Waals surface area (Å²) in [7, 11) is 0. The highest BCUT2D eigenvalue weighted by Gasteiger charge is 2.16. The number of alkyl halides is 1. The van der Waals surface area contributed by atoms with E-state index in [0.717, 1.165) is 5.56 Å². The predicted octanol–water partition coefficient (Wildman–Crippen LogP) is 0.947. The molecular formula is C11H14FNO3. The SMILES string of the molecule is O=C(O)[C@H](Cc1ccc(O)cc1)NCCF. The minimum atomic E-state index is -1.01. The molecule has 0 aliphatic carbocycles. The first kappa shape index (κ1) is 12.4. The molecule has 0 aliphatic heterocycles. The minimum Gasteiger partial charge on any atom is -0.508 e. The first-order valence-electron chi connectivity index (χ1n) is 4.93. The second kappa shape index (κ2) is 6.07. The summed E-state index contributed by atoms with van der Waals surface area (Å²) >= 11 is 0. The number of carbonyl (C=O) groups is 1. The van der Waals surface area contributed by atoms with E-state index in [9.17, 15) is 9.18 Å². The lowest BCUT2D eigenvalue weighted by atomic mass is 10.1. The number of phenols is 1. The molecule has 1 aromatic carbocycles. The zero-order chi connectivity index (χ0) is 12.0. The maximum absolute atomic E-state index is 11.9. The largest absolute Gasteiger partial charge is 0.508 e. The fourth-order valence-corrected chi connectivity index (χ4v) is 1.34. The van der Waals surface area contributed by atoms with Crippen LogP contribution in [0.4, 0.5) is 4.39 Å². The van der Waals surface area contributed by atoms with Crippen molar-refractivity contribution in [3.63, 3.8) is 0 Å². The van der Waals surface area contributed by atoms with Crippen molar-refractivity contribution in [3.05, 3.63) is 29.8 Å². The van der Waals surface area contributed by atoms with E-state index in [2.05, 4.69) is 5.32 Å². The van der Waals surface area contributed by atoms with Crippen LogP contribution in [0, 0.1) is 0 Å². The highest BCUT2D eigenvalue weighted by molar-refractivity contribution is 5.73. The van der Waals surface area contributed by atoms with Crippen LogP contribution in [0.1, 0.15) is 5.56 Å². The zero-order valence-electron chi connectivity index (χ0n) is 8.69. The number of phenolic OH excluding ortho intramolecular Hbond substituents is 1. The van der Waals surface area contributed by atoms with Gasteiger partial charge in [0.05, 0.1) is 0 Å². The number of rotatable bonds is 6. The standard InChI is InChI=1S/C11H14FNO3/c12-5-6-13-10(11(15)16)7-8-1-3-9(14)4-2-8/h1-4,10,13-14H,5-7H2,(H,15,16)/t10-/m0/s1. The van der Waals surface area contributed by atoms with Crippen molar-refractivity contribution in [2.75, 3.05) is 13.2 Å². The summed E-state index contributed by atoms with van der Waals surface area (Å²) in [5, 5.41) is 20.5. The molecule has 0 saturated carbocycles. The van der Waals surface area contributed by atoms with E-state index >= 15 is 0 Å². The molecule has 0 fully saturated rings. The highest BCUT2D eigenvalue weighted by atomic mass is 19.1. The fourth-order valence-electron chi connectivity index (χ4n) is 1.34. The average molecular weight is 227 g/mol. The molecule has 0 radical (unpaired) electrons. The molecular weight excluding hydrogens is 213 g/mol. The van der Waals surface area contributed by atoms with E-state index in [1.165, 1.54) is 12.1 Å². The summed E-state index contributed by atoms with van der Waals surface area (Å²) in [6.45, 7) is -0.575. The topological polar surface area (TPSA) is 69.6 Å². The van der Waals surface area contributed by atoms with Gasteiger partial charge in [0.25, 0.3) is 0 Å². The molecule has 0 amide bonds. The van der Waals surface area contributed by atoms with Gasteiger partial charge in [0, 0.05) is 6.54 Å². The predicted molar refractivity (Wildman–Crippen MR) is 57.2 cm³/mol. The second-order valence-electron chi connectivity index (χ2n) is 3.40. The highest BCUT2D eigenvalue weighted by Crippen LogP contribution is 2.11. The van der Waals surface area contributed by atoms with Crippen LogP contribution in [0.25, 0.3) is 0 Å². The third-order valence-electron chi connectivity index (χ3n) is 2.16. The maximum atomic E-state index is 11.9. The summed E-state index contributed by atoms with van der Waals surface area (Å²) in [5.74, 6) is -0.881. The summed E-state index contributed by atoms with van der Waals surface area (Å²) in [4.78, 5) is 10.8. The van der Waals surface area contributed by atoms with Gasteiger partial charge in [-0.2, -0.15) is 0 Å². The molecule has 0 heterocycles. The number of nitrogens with one attached hydrogen (secondary N) is 1. The first-order chi connectivity index (χ1) is 7.63. The summed E-state index contributed by atoms with van der Waals surface area (Å²) in [6, 6.07) is 5.46. The molecule has 0 spiro atoms. The van der Waals surface area contributed by atoms with E-state index in [0.29, 0.717) is 0 Å². The van der Waals surface area contributed by atoms with Crippen molar-refractivity contribution in [3.8, 4) is 5.75 Å². The average Bonchev–Trinajstić information content (AvgIpc) is 2.26. The molecule has 0 unspecified atom stereocenters. The molecule has 1 aromatic rings. The fraction of sp³-hybridized carbons (Fsp3) is 0.364. The maximum Gasteiger partial charge on any atom is 0.321 e. The van der Waals surface area contributed by atoms with Gasteiger partial charge in [-0.15, -0.1) is 0 Å². The van der Waals surface area contributed by atoms with E-state index < -0.39 is 18.7 Å². The number of carboxylic acid groups (broad SMARTS) is 1. The lowest BCUT2D eigenvalue weighted by Crippen LogP contribution is -2.39. The van der Waals surface area contributed by atoms with Gasteiger partial charge >= 0.3 is 5.97 Å². The summed E-state index contributed by atoms with van der Waals surface area (Å²) in [6.07, 6.45) is 0.260. The molecule has 88 valence electrons. The quantitative estimate of drug-likeness (QED) is 0.676. The third-order valence-corrected chi connectivity index (χ3v) is 2.16. The first-order valence-corrected chi connectivity index (χ1v) is 4.93. The molecule has 3 N–H and O–H groups in total. The Balaban J connectivity index is 2.60. The van der Waals surface area contributed by atoms with Crippen molar-refractivity contribution in [2.45, 2.75) is 12.5 Å². The van der Waals surface area contributed by atoms with Crippen LogP contribution >= 0.6 is 0 Å². The van der Waals surface area contributed by atoms with E-state index in [1.807, 2.05) is 0 Å². The van der Waals surface area contributed by atoms with Crippen LogP contribution in [0.15, 0.2) is 24.3 Å². The Morgan fingerprint density at radius 2 is 2.00 bits per heavy atom. The van der Waals surface area contributed by atoms with Crippen LogP contribution in [0.2, 0.25) is 0 Å². The van der Waals surface area contributed by atoms with Crippen LogP contribution in [-0.2, 0) is 11.2 Å². The van der Waals surface area contributed by atoms with Gasteiger partial charge in [-0.05, 0) is 24.1 Å². The molecule has 0 aromatic heterocycles. The molecule has 0 bridgehead atoms. The number of hydrogen-bond acceptors (Lipinski definition) is 3. The number of hydrogen-bond donors (Lipinski definition) is 3. The van der Waals surface area contributed by atoms with E-state index in [4.69, 9.17) is 10.2 Å². The number of aliphatic carboxylic acids is 1. The van der Waals surface area contributed by atoms with Gasteiger partial charge < -0.3 is 15.5 Å². The van der Waals surface area contributed by atoms with Gasteiger partial charge in [-0.1, -0.05) is 12.1 Å². The van der Waals surface area contributed by atoms with Gasteiger partial charge in [0.15, 0.2) is 0 Å². The molecule has 0 aliphatic rings. The smallest absolute Gasteiger partial charge is 0.321 e. The van der Waals surface area contributed by atoms with Crippen molar-refractivity contribution >= 4 is 5.97 Å². The Kier molecular flexibility index (Phi) is 4.72. The molecule has 16 heavy (non-hydrogen) atoms. The van der Waals surface area contributed by atoms with Crippen LogP contribution in [-0.4, -0.2) is 35.4 Å². The van der Waals surface area contributed by atoms with Crippen LogP contribution in [0.3, 0.4) is 0 Å². The molecule has 4 nitrogen and oxygen atoms in total. The van der Waals surface area contributed by atoms with Gasteiger partial charge in [-0.25, -0.2) is 4.39 Å². The Bertz CT molecular complexity index is 340. The van der Waals surface area contributed by atoms with Crippen LogP contribution < -0.4 is 5.32 Å². The van der Waals surface area contributed by atoms with Crippen molar-refractivity contribution < 1.29 is 19.4 Å². The molecule has 1 rings (SSSR count). The third kappa shape index (κ3) is 3.86. The minimum absolute atomic E-state index is 0.0229. The second-order valence-corrected chi connectivity index (χ2v) is 3.40. The Hall–Kier alpha value is -1.62. The van der Waals surface area contributed by atoms with Crippen molar-refractivity contribution in [2.24, 2.45) is 0 Å². The Labute approximate surface area is 92.7 Å². The van der Waals surface area contributed by atoms with Crippen LogP contribution in [0.5, 0.6) is 5.75 Å². The number of benzene rings is 1. The lowest BCUT2D eigenvalue weighted by Gasteiger charge is -2.13. The van der Waals surface area contributed by atoms with Crippen molar-refractivity contribution in [1.82, 2.24) is 5.32 Å². The molecule has 5 heteroatoms. The summed E-state index contributed by atoms with van der Waals surface area (Å²) in [5.41, 5.74) is 0.775.